The number of hydrogen-bond donors (Lipinski definition) is 2. The molecule has 0 radical (unpaired) electrons. The molecule has 0 unspecified atom stereocenters. The Morgan fingerprint density at radius 1 is 1.25 bits per heavy atom. The van der Waals surface area contributed by atoms with E-state index in [1.165, 1.54) is 38.0 Å². The van der Waals surface area contributed by atoms with Gasteiger partial charge in [-0.1, -0.05) is 56.3 Å². The molecule has 2 heteroatoms. The lowest BCUT2D eigenvalue weighted by Gasteiger charge is -2.39. The summed E-state index contributed by atoms with van der Waals surface area (Å²) >= 11 is 0. The molecule has 1 aromatic rings. The maximum atomic E-state index is 3.56. The Morgan fingerprint density at radius 3 is 2.45 bits per heavy atom. The molecule has 1 saturated heterocycles. The van der Waals surface area contributed by atoms with Gasteiger partial charge in [0.25, 0.3) is 0 Å². The van der Waals surface area contributed by atoms with Crippen LogP contribution in [0, 0.1) is 5.41 Å². The average molecular weight is 272 g/mol. The van der Waals surface area contributed by atoms with Gasteiger partial charge in [-0.15, -0.1) is 0 Å². The van der Waals surface area contributed by atoms with Crippen molar-refractivity contribution in [3.05, 3.63) is 42.0 Å². The second kappa shape index (κ2) is 7.61. The SMILES string of the molecule is CC/C=C\c1ccccc1.CC1(CNC2CC2)CNC1. The highest BCUT2D eigenvalue weighted by molar-refractivity contribution is 5.48. The van der Waals surface area contributed by atoms with Crippen molar-refractivity contribution in [2.45, 2.75) is 39.2 Å². The highest BCUT2D eigenvalue weighted by atomic mass is 15.0. The van der Waals surface area contributed by atoms with E-state index >= 15 is 0 Å². The molecule has 1 aliphatic heterocycles. The van der Waals surface area contributed by atoms with E-state index < -0.39 is 0 Å². The molecule has 20 heavy (non-hydrogen) atoms. The minimum atomic E-state index is 0.572. The number of benzene rings is 1. The van der Waals surface area contributed by atoms with Crippen molar-refractivity contribution in [1.29, 1.82) is 0 Å². The smallest absolute Gasteiger partial charge is 0.00684 e. The zero-order valence-electron chi connectivity index (χ0n) is 12.9. The molecule has 0 atom stereocenters. The Kier molecular flexibility index (Phi) is 5.81. The van der Waals surface area contributed by atoms with Gasteiger partial charge in [-0.05, 0) is 24.8 Å². The van der Waals surface area contributed by atoms with Crippen LogP contribution in [0.1, 0.15) is 38.7 Å². The van der Waals surface area contributed by atoms with Gasteiger partial charge in [0.05, 0.1) is 0 Å². The fourth-order valence-corrected chi connectivity index (χ4v) is 2.17. The lowest BCUT2D eigenvalue weighted by Crippen LogP contribution is -2.56. The first-order valence-electron chi connectivity index (χ1n) is 7.87. The van der Waals surface area contributed by atoms with Gasteiger partial charge in [0.1, 0.15) is 0 Å². The third kappa shape index (κ3) is 5.48. The molecule has 1 heterocycles. The second-order valence-electron chi connectivity index (χ2n) is 6.29. The molecule has 0 amide bonds. The third-order valence-corrected chi connectivity index (χ3v) is 3.84. The lowest BCUT2D eigenvalue weighted by molar-refractivity contribution is 0.189. The standard InChI is InChI=1S/C10H12.C8H16N2/c1-2-3-7-10-8-5-4-6-9-10;1-8(4-9-5-8)6-10-7-2-3-7/h3-9H,2H2,1H3;7,9-10H,2-6H2,1H3/b7-3-;. The van der Waals surface area contributed by atoms with Crippen LogP contribution in [0.5, 0.6) is 0 Å². The topological polar surface area (TPSA) is 24.1 Å². The van der Waals surface area contributed by atoms with Crippen LogP contribution in [-0.4, -0.2) is 25.7 Å². The van der Waals surface area contributed by atoms with Gasteiger partial charge in [0, 0.05) is 31.1 Å². The van der Waals surface area contributed by atoms with Crippen LogP contribution in [0.15, 0.2) is 36.4 Å². The molecule has 2 N–H and O–H groups in total. The van der Waals surface area contributed by atoms with E-state index in [0.717, 1.165) is 12.5 Å². The largest absolute Gasteiger partial charge is 0.315 e. The fourth-order valence-electron chi connectivity index (χ4n) is 2.17. The van der Waals surface area contributed by atoms with E-state index in [0.29, 0.717) is 5.41 Å². The number of rotatable bonds is 5. The fraction of sp³-hybridized carbons (Fsp3) is 0.556. The zero-order valence-corrected chi connectivity index (χ0v) is 12.9. The maximum absolute atomic E-state index is 3.56. The molecular weight excluding hydrogens is 244 g/mol. The minimum absolute atomic E-state index is 0.572. The normalized spacial score (nSPS) is 20.1. The minimum Gasteiger partial charge on any atom is -0.315 e. The van der Waals surface area contributed by atoms with Crippen molar-refractivity contribution in [1.82, 2.24) is 10.6 Å². The van der Waals surface area contributed by atoms with Gasteiger partial charge < -0.3 is 10.6 Å². The van der Waals surface area contributed by atoms with Crippen molar-refractivity contribution in [3.63, 3.8) is 0 Å². The van der Waals surface area contributed by atoms with Crippen LogP contribution >= 0.6 is 0 Å². The van der Waals surface area contributed by atoms with Gasteiger partial charge >= 0.3 is 0 Å². The Bertz CT molecular complexity index is 403. The van der Waals surface area contributed by atoms with Gasteiger partial charge in [-0.25, -0.2) is 0 Å². The monoisotopic (exact) mass is 272 g/mol. The molecule has 3 rings (SSSR count). The van der Waals surface area contributed by atoms with E-state index in [4.69, 9.17) is 0 Å². The molecule has 0 spiro atoms. The predicted molar refractivity (Wildman–Crippen MR) is 87.8 cm³/mol. The Labute approximate surface area is 123 Å². The summed E-state index contributed by atoms with van der Waals surface area (Å²) in [6.45, 7) is 8.10. The van der Waals surface area contributed by atoms with E-state index in [1.54, 1.807) is 0 Å². The highest BCUT2D eigenvalue weighted by Gasteiger charge is 2.33. The quantitative estimate of drug-likeness (QED) is 0.858. The highest BCUT2D eigenvalue weighted by Crippen LogP contribution is 2.24. The average Bonchev–Trinajstić information content (AvgIpc) is 3.27. The molecule has 2 nitrogen and oxygen atoms in total. The molecular formula is C18H28N2. The first-order chi connectivity index (χ1) is 9.72. The molecule has 0 bridgehead atoms. The van der Waals surface area contributed by atoms with Crippen molar-refractivity contribution < 1.29 is 0 Å². The zero-order chi connectivity index (χ0) is 14.3. The first-order valence-corrected chi connectivity index (χ1v) is 7.87. The van der Waals surface area contributed by atoms with Crippen LogP contribution < -0.4 is 10.6 Å². The molecule has 1 aliphatic carbocycles. The number of hydrogen-bond acceptors (Lipinski definition) is 2. The summed E-state index contributed by atoms with van der Waals surface area (Å²) in [5, 5.41) is 6.86. The van der Waals surface area contributed by atoms with Gasteiger partial charge in [-0.3, -0.25) is 0 Å². The Morgan fingerprint density at radius 2 is 1.95 bits per heavy atom. The summed E-state index contributed by atoms with van der Waals surface area (Å²) in [5.74, 6) is 0. The van der Waals surface area contributed by atoms with Crippen LogP contribution in [0.4, 0.5) is 0 Å². The summed E-state index contributed by atoms with van der Waals surface area (Å²) in [6.07, 6.45) is 8.22. The molecule has 2 aliphatic rings. The number of nitrogens with one attached hydrogen (secondary N) is 2. The van der Waals surface area contributed by atoms with Crippen molar-refractivity contribution in [2.75, 3.05) is 19.6 Å². The van der Waals surface area contributed by atoms with E-state index in [9.17, 15) is 0 Å². The van der Waals surface area contributed by atoms with Crippen molar-refractivity contribution in [3.8, 4) is 0 Å². The molecule has 110 valence electrons. The maximum Gasteiger partial charge on any atom is 0.00684 e. The second-order valence-corrected chi connectivity index (χ2v) is 6.29. The first kappa shape index (κ1) is 15.3. The Hall–Kier alpha value is -1.12. The predicted octanol–water partition coefficient (Wildman–Crippen LogP) is 3.46. The molecule has 0 aromatic heterocycles. The van der Waals surface area contributed by atoms with Crippen LogP contribution in [0.25, 0.3) is 6.08 Å². The van der Waals surface area contributed by atoms with E-state index in [1.807, 2.05) is 6.07 Å². The summed E-state index contributed by atoms with van der Waals surface area (Å²) in [5.41, 5.74) is 1.85. The van der Waals surface area contributed by atoms with Gasteiger partial charge in [0.2, 0.25) is 0 Å². The van der Waals surface area contributed by atoms with Crippen LogP contribution in [-0.2, 0) is 0 Å². The van der Waals surface area contributed by atoms with E-state index in [2.05, 4.69) is 60.9 Å². The van der Waals surface area contributed by atoms with Crippen LogP contribution in [0.2, 0.25) is 0 Å². The lowest BCUT2D eigenvalue weighted by atomic mass is 9.84. The molecule has 2 fully saturated rings. The third-order valence-electron chi connectivity index (χ3n) is 3.84. The van der Waals surface area contributed by atoms with Gasteiger partial charge in [0.15, 0.2) is 0 Å². The van der Waals surface area contributed by atoms with E-state index in [-0.39, 0.29) is 0 Å². The van der Waals surface area contributed by atoms with Gasteiger partial charge in [-0.2, -0.15) is 0 Å². The van der Waals surface area contributed by atoms with Crippen molar-refractivity contribution >= 4 is 6.08 Å². The van der Waals surface area contributed by atoms with Crippen LogP contribution in [0.3, 0.4) is 0 Å². The Balaban J connectivity index is 0.000000147. The molecule has 1 aromatic carbocycles. The molecule has 1 saturated carbocycles. The summed E-state index contributed by atoms with van der Waals surface area (Å²) in [7, 11) is 0. The van der Waals surface area contributed by atoms with Crippen molar-refractivity contribution in [2.24, 2.45) is 5.41 Å². The summed E-state index contributed by atoms with van der Waals surface area (Å²) in [6, 6.07) is 11.2. The summed E-state index contributed by atoms with van der Waals surface area (Å²) in [4.78, 5) is 0. The summed E-state index contributed by atoms with van der Waals surface area (Å²) < 4.78 is 0. The number of allylic oxidation sites excluding steroid dienone is 1.